The molecule has 11 atom stereocenters. The maximum absolute atomic E-state index is 14.7. The van der Waals surface area contributed by atoms with Gasteiger partial charge in [-0.25, -0.2) is 0 Å². The van der Waals surface area contributed by atoms with Gasteiger partial charge in [0.05, 0.1) is 0 Å². The molecule has 5 rings (SSSR count). The Bertz CT molecular complexity index is 2330. The van der Waals surface area contributed by atoms with Gasteiger partial charge in [-0.15, -0.1) is 0 Å². The molecule has 3 fully saturated rings. The van der Waals surface area contributed by atoms with E-state index in [0.29, 0.717) is 44.9 Å². The van der Waals surface area contributed by atoms with Gasteiger partial charge in [0, 0.05) is 32.5 Å². The molecule has 0 saturated carbocycles. The van der Waals surface area contributed by atoms with Crippen LogP contribution in [0.3, 0.4) is 0 Å². The number of nitrogens with one attached hydrogen (secondary N) is 7. The number of benzene rings is 2. The number of amides is 9. The summed E-state index contributed by atoms with van der Waals surface area (Å²) in [5.41, 5.74) is 1.71. The largest absolute Gasteiger partial charge is 0.354 e. The van der Waals surface area contributed by atoms with Crippen molar-refractivity contribution >= 4 is 53.2 Å². The highest BCUT2D eigenvalue weighted by molar-refractivity contribution is 5.98. The molecule has 3 saturated heterocycles. The first-order valence-electron chi connectivity index (χ1n) is 28.4. The maximum atomic E-state index is 14.7. The Morgan fingerprint density at radius 1 is 0.481 bits per heavy atom. The van der Waals surface area contributed by atoms with Gasteiger partial charge in [0.2, 0.25) is 53.2 Å². The molecule has 3 heterocycles. The SMILES string of the molecule is CC[C@H](C)[C@@H]1NC(=O)[C@H](CC(C)C)NC(=O)C[C@@H](Cc2ccccc2)CNC(=O)[C@H](Cc2ccccc2)NC(=O)[C@@H]2CCCN2C(=O)[C@@H]2CCCN2C(=O)[C@H](C(C)C)NC(=O)[C@H](CC(C)C)NC(=O)[C@H]([C@@H](C)CC)NC1=O. The summed E-state index contributed by atoms with van der Waals surface area (Å²) < 4.78 is 0. The topological polar surface area (TPSA) is 244 Å². The Labute approximate surface area is 456 Å². The molecule has 3 aliphatic rings. The van der Waals surface area contributed by atoms with Crippen LogP contribution in [0.15, 0.2) is 60.7 Å². The lowest BCUT2D eigenvalue weighted by molar-refractivity contribution is -0.148. The number of carbonyl (C=O) groups excluding carboxylic acids is 9. The molecule has 0 radical (unpaired) electrons. The molecule has 18 heteroatoms. The van der Waals surface area contributed by atoms with E-state index in [1.807, 2.05) is 116 Å². The molecule has 0 spiro atoms. The Morgan fingerprint density at radius 2 is 0.935 bits per heavy atom. The van der Waals surface area contributed by atoms with Crippen molar-refractivity contribution in [1.29, 1.82) is 0 Å². The Kier molecular flexibility index (Phi) is 23.5. The van der Waals surface area contributed by atoms with Crippen molar-refractivity contribution in [1.82, 2.24) is 47.0 Å². The van der Waals surface area contributed by atoms with Crippen molar-refractivity contribution in [2.75, 3.05) is 19.6 Å². The van der Waals surface area contributed by atoms with E-state index in [1.165, 1.54) is 9.80 Å². The van der Waals surface area contributed by atoms with E-state index in [1.54, 1.807) is 13.8 Å². The zero-order chi connectivity index (χ0) is 56.5. The van der Waals surface area contributed by atoms with Crippen LogP contribution in [0.2, 0.25) is 0 Å². The summed E-state index contributed by atoms with van der Waals surface area (Å²) in [6.45, 7) is 19.2. The van der Waals surface area contributed by atoms with Crippen molar-refractivity contribution in [3.8, 4) is 0 Å². The summed E-state index contributed by atoms with van der Waals surface area (Å²) in [5.74, 6) is -6.47. The first kappa shape index (κ1) is 61.5. The fourth-order valence-corrected chi connectivity index (χ4v) is 10.7. The van der Waals surface area contributed by atoms with Crippen LogP contribution in [0, 0.1) is 35.5 Å². The predicted molar refractivity (Wildman–Crippen MR) is 295 cm³/mol. The van der Waals surface area contributed by atoms with Crippen LogP contribution in [0.25, 0.3) is 0 Å². The standard InChI is InChI=1S/C59H89N9O9/c1-11-38(9)50-56(74)63-44(30-36(5)6)54(72)64-49(37(7)8)59(77)68-28-20-26-47(68)58(76)67-27-19-25-46(67)55(73)62-45(32-41-23-17-14-18-24-41)52(70)60-34-42(31-40-21-15-13-16-22-40)33-48(69)61-43(29-35(3)4)53(71)65-51(39(10)12-2)57(75)66-50/h13-18,21-24,35-39,42-47,49-51H,11-12,19-20,25-34H2,1-10H3,(H,60,70)(H,61,69)(H,62,73)(H,63,74)(H,64,72)(H,65,71)(H,66,75)/t38-,39-,42+,43-,44-,45-,46-,47-,49-,50-,51-/m0/s1. The second-order valence-corrected chi connectivity index (χ2v) is 23.0. The van der Waals surface area contributed by atoms with Gasteiger partial charge in [-0.3, -0.25) is 43.2 Å². The molecule has 0 aromatic heterocycles. The highest BCUT2D eigenvalue weighted by Crippen LogP contribution is 2.27. The molecule has 0 unspecified atom stereocenters. The number of hydrogen-bond donors (Lipinski definition) is 7. The first-order chi connectivity index (χ1) is 36.6. The van der Waals surface area contributed by atoms with Gasteiger partial charge in [-0.1, -0.05) is 143 Å². The molecule has 2 aromatic carbocycles. The molecule has 7 N–H and O–H groups in total. The van der Waals surface area contributed by atoms with Crippen molar-refractivity contribution in [2.24, 2.45) is 35.5 Å². The van der Waals surface area contributed by atoms with E-state index in [0.717, 1.165) is 11.1 Å². The van der Waals surface area contributed by atoms with Crippen LogP contribution in [0.1, 0.15) is 138 Å². The number of hydrogen-bond acceptors (Lipinski definition) is 9. The quantitative estimate of drug-likeness (QED) is 0.151. The average Bonchev–Trinajstić information content (AvgIpc) is 4.11. The molecule has 2 aromatic rings. The Balaban J connectivity index is 1.55. The highest BCUT2D eigenvalue weighted by atomic mass is 16.2. The van der Waals surface area contributed by atoms with Crippen molar-refractivity contribution in [3.05, 3.63) is 71.8 Å². The van der Waals surface area contributed by atoms with E-state index in [4.69, 9.17) is 0 Å². The zero-order valence-electron chi connectivity index (χ0n) is 47.3. The molecule has 0 aliphatic carbocycles. The third-order valence-corrected chi connectivity index (χ3v) is 15.5. The van der Waals surface area contributed by atoms with E-state index >= 15 is 0 Å². The predicted octanol–water partition coefficient (Wildman–Crippen LogP) is 4.34. The van der Waals surface area contributed by atoms with Gasteiger partial charge >= 0.3 is 0 Å². The number of fused-ring (bicyclic) bond motifs is 2. The van der Waals surface area contributed by atoms with Crippen molar-refractivity contribution < 1.29 is 43.2 Å². The van der Waals surface area contributed by atoms with Gasteiger partial charge in [-0.2, -0.15) is 0 Å². The molecular weight excluding hydrogens is 979 g/mol. The summed E-state index contributed by atoms with van der Waals surface area (Å²) >= 11 is 0. The maximum Gasteiger partial charge on any atom is 0.246 e. The minimum absolute atomic E-state index is 0.0418. The minimum Gasteiger partial charge on any atom is -0.354 e. The number of carbonyl (C=O) groups is 9. The van der Waals surface area contributed by atoms with E-state index < -0.39 is 119 Å². The van der Waals surface area contributed by atoms with E-state index in [9.17, 15) is 43.2 Å². The average molecular weight is 1070 g/mol. The minimum atomic E-state index is -1.12. The highest BCUT2D eigenvalue weighted by Gasteiger charge is 2.45. The van der Waals surface area contributed by atoms with E-state index in [-0.39, 0.29) is 63.1 Å². The lowest BCUT2D eigenvalue weighted by Crippen LogP contribution is -2.62. The van der Waals surface area contributed by atoms with Crippen LogP contribution in [0.4, 0.5) is 0 Å². The third-order valence-electron chi connectivity index (χ3n) is 15.5. The number of rotatable bonds is 13. The summed E-state index contributed by atoms with van der Waals surface area (Å²) in [4.78, 5) is 133. The Hall–Kier alpha value is -6.33. The summed E-state index contributed by atoms with van der Waals surface area (Å²) in [7, 11) is 0. The number of nitrogens with zero attached hydrogens (tertiary/aromatic N) is 2. The first-order valence-corrected chi connectivity index (χ1v) is 28.4. The van der Waals surface area contributed by atoms with Crippen LogP contribution >= 0.6 is 0 Å². The van der Waals surface area contributed by atoms with Crippen LogP contribution in [-0.4, -0.2) is 131 Å². The van der Waals surface area contributed by atoms with Gasteiger partial charge in [0.1, 0.15) is 48.3 Å². The van der Waals surface area contributed by atoms with Gasteiger partial charge in [0.15, 0.2) is 0 Å². The summed E-state index contributed by atoms with van der Waals surface area (Å²) in [6, 6.07) is 10.5. The Morgan fingerprint density at radius 3 is 1.45 bits per heavy atom. The van der Waals surface area contributed by atoms with Gasteiger partial charge in [0.25, 0.3) is 0 Å². The molecule has 424 valence electrons. The summed E-state index contributed by atoms with van der Waals surface area (Å²) in [5, 5.41) is 20.6. The van der Waals surface area contributed by atoms with Crippen LogP contribution in [-0.2, 0) is 56.0 Å². The normalized spacial score (nSPS) is 27.2. The van der Waals surface area contributed by atoms with E-state index in [2.05, 4.69) is 37.2 Å². The second kappa shape index (κ2) is 29.4. The van der Waals surface area contributed by atoms with Crippen molar-refractivity contribution in [2.45, 2.75) is 188 Å². The lowest BCUT2D eigenvalue weighted by atomic mass is 9.93. The monoisotopic (exact) mass is 1070 g/mol. The fraction of sp³-hybridized carbons (Fsp3) is 0.644. The third kappa shape index (κ3) is 17.6. The summed E-state index contributed by atoms with van der Waals surface area (Å²) in [6.07, 6.45) is 3.61. The molecular formula is C59H89N9O9. The molecule has 77 heavy (non-hydrogen) atoms. The molecule has 3 aliphatic heterocycles. The lowest BCUT2D eigenvalue weighted by Gasteiger charge is -2.35. The van der Waals surface area contributed by atoms with Gasteiger partial charge < -0.3 is 47.0 Å². The van der Waals surface area contributed by atoms with Gasteiger partial charge in [-0.05, 0) is 91.6 Å². The fourth-order valence-electron chi connectivity index (χ4n) is 10.7. The van der Waals surface area contributed by atoms with Crippen LogP contribution < -0.4 is 37.2 Å². The molecule has 9 amide bonds. The molecule has 0 bridgehead atoms. The second-order valence-electron chi connectivity index (χ2n) is 23.0. The molecule has 18 nitrogen and oxygen atoms in total. The zero-order valence-corrected chi connectivity index (χ0v) is 47.3. The van der Waals surface area contributed by atoms with Crippen LogP contribution in [0.5, 0.6) is 0 Å². The van der Waals surface area contributed by atoms with Crippen molar-refractivity contribution in [3.63, 3.8) is 0 Å². The smallest absolute Gasteiger partial charge is 0.246 e.